The van der Waals surface area contributed by atoms with Gasteiger partial charge in [-0.1, -0.05) is 13.0 Å². The van der Waals surface area contributed by atoms with E-state index in [4.69, 9.17) is 0 Å². The molecule has 0 aromatic heterocycles. The molecule has 1 saturated heterocycles. The number of hydrogen-bond donors (Lipinski definition) is 1. The topological polar surface area (TPSA) is 23.5 Å². The van der Waals surface area contributed by atoms with E-state index in [-0.39, 0.29) is 0 Å². The van der Waals surface area contributed by atoms with E-state index >= 15 is 0 Å². The van der Waals surface area contributed by atoms with Crippen LogP contribution in [-0.2, 0) is 6.42 Å². The minimum Gasteiger partial charge on any atom is -0.389 e. The van der Waals surface area contributed by atoms with E-state index in [1.165, 1.54) is 6.07 Å². The first-order valence-corrected chi connectivity index (χ1v) is 6.91. The zero-order chi connectivity index (χ0) is 13.9. The molecule has 0 aliphatic carbocycles. The van der Waals surface area contributed by atoms with Crippen LogP contribution in [0.25, 0.3) is 0 Å². The van der Waals surface area contributed by atoms with Gasteiger partial charge >= 0.3 is 0 Å². The quantitative estimate of drug-likeness (QED) is 0.912. The van der Waals surface area contributed by atoms with Crippen molar-refractivity contribution in [3.05, 3.63) is 35.4 Å². The molecule has 0 amide bonds. The number of aliphatic hydroxyl groups is 1. The summed E-state index contributed by atoms with van der Waals surface area (Å²) < 4.78 is 26.1. The van der Waals surface area contributed by atoms with Gasteiger partial charge in [0.1, 0.15) is 0 Å². The number of benzene rings is 1. The Morgan fingerprint density at radius 2 is 2.00 bits per heavy atom. The molecular weight excluding hydrogens is 248 g/mol. The maximum absolute atomic E-state index is 13.2. The summed E-state index contributed by atoms with van der Waals surface area (Å²) in [4.78, 5) is 2.31. The summed E-state index contributed by atoms with van der Waals surface area (Å²) in [5, 5.41) is 10.6. The Bertz CT molecular complexity index is 438. The fraction of sp³-hybridized carbons (Fsp3) is 0.600. The second kappa shape index (κ2) is 5.97. The molecule has 0 saturated carbocycles. The Labute approximate surface area is 113 Å². The third-order valence-electron chi connectivity index (χ3n) is 3.97. The molecule has 1 aliphatic heterocycles. The van der Waals surface area contributed by atoms with Crippen LogP contribution in [0.15, 0.2) is 18.2 Å². The summed E-state index contributed by atoms with van der Waals surface area (Å²) in [6.07, 6.45) is 2.72. The van der Waals surface area contributed by atoms with Crippen molar-refractivity contribution < 1.29 is 13.9 Å². The SMILES string of the molecule is CCN1CCCC(O)(Cc2ccc(F)c(F)c2)CC1. The third-order valence-corrected chi connectivity index (χ3v) is 3.97. The van der Waals surface area contributed by atoms with Crippen LogP contribution in [0.2, 0.25) is 0 Å². The van der Waals surface area contributed by atoms with E-state index in [9.17, 15) is 13.9 Å². The van der Waals surface area contributed by atoms with Gasteiger partial charge in [0.15, 0.2) is 11.6 Å². The Hall–Kier alpha value is -1.00. The fourth-order valence-electron chi connectivity index (χ4n) is 2.76. The monoisotopic (exact) mass is 269 g/mol. The van der Waals surface area contributed by atoms with E-state index in [0.717, 1.165) is 32.1 Å². The van der Waals surface area contributed by atoms with Crippen molar-refractivity contribution in [1.29, 1.82) is 0 Å². The summed E-state index contributed by atoms with van der Waals surface area (Å²) in [5.41, 5.74) is -0.139. The van der Waals surface area contributed by atoms with E-state index in [0.29, 0.717) is 24.8 Å². The van der Waals surface area contributed by atoms with E-state index in [2.05, 4.69) is 11.8 Å². The predicted molar refractivity (Wildman–Crippen MR) is 71.0 cm³/mol. The van der Waals surface area contributed by atoms with E-state index in [1.54, 1.807) is 6.07 Å². The average molecular weight is 269 g/mol. The van der Waals surface area contributed by atoms with E-state index < -0.39 is 17.2 Å². The molecule has 106 valence electrons. The van der Waals surface area contributed by atoms with Gasteiger partial charge in [0.25, 0.3) is 0 Å². The van der Waals surface area contributed by atoms with Gasteiger partial charge in [0.2, 0.25) is 0 Å². The van der Waals surface area contributed by atoms with E-state index in [1.807, 2.05) is 0 Å². The zero-order valence-corrected chi connectivity index (χ0v) is 11.3. The maximum Gasteiger partial charge on any atom is 0.159 e. The second-order valence-electron chi connectivity index (χ2n) is 5.44. The zero-order valence-electron chi connectivity index (χ0n) is 11.3. The van der Waals surface area contributed by atoms with Crippen molar-refractivity contribution in [1.82, 2.24) is 4.90 Å². The van der Waals surface area contributed by atoms with Crippen molar-refractivity contribution >= 4 is 0 Å². The summed E-state index contributed by atoms with van der Waals surface area (Å²) >= 11 is 0. The number of halogens is 2. The molecule has 0 spiro atoms. The molecule has 1 atom stereocenters. The Morgan fingerprint density at radius 1 is 1.21 bits per heavy atom. The average Bonchev–Trinajstić information content (AvgIpc) is 2.56. The van der Waals surface area contributed by atoms with Gasteiger partial charge in [0.05, 0.1) is 5.60 Å². The summed E-state index contributed by atoms with van der Waals surface area (Å²) in [6.45, 7) is 4.95. The standard InChI is InChI=1S/C15H21F2NO/c1-2-18-8-3-6-15(19,7-9-18)11-12-4-5-13(16)14(17)10-12/h4-5,10,19H,2-3,6-9,11H2,1H3. The van der Waals surface area contributed by atoms with Gasteiger partial charge in [-0.3, -0.25) is 0 Å². The lowest BCUT2D eigenvalue weighted by Gasteiger charge is -2.27. The summed E-state index contributed by atoms with van der Waals surface area (Å²) in [7, 11) is 0. The summed E-state index contributed by atoms with van der Waals surface area (Å²) in [6, 6.07) is 3.87. The molecule has 1 aliphatic rings. The highest BCUT2D eigenvalue weighted by Gasteiger charge is 2.30. The highest BCUT2D eigenvalue weighted by Crippen LogP contribution is 2.27. The van der Waals surface area contributed by atoms with Crippen LogP contribution < -0.4 is 0 Å². The molecule has 1 aromatic carbocycles. The molecule has 19 heavy (non-hydrogen) atoms. The first kappa shape index (κ1) is 14.4. The van der Waals surface area contributed by atoms with Crippen LogP contribution >= 0.6 is 0 Å². The van der Waals surface area contributed by atoms with Gasteiger partial charge in [-0.2, -0.15) is 0 Å². The number of likely N-dealkylation sites (tertiary alicyclic amines) is 1. The van der Waals surface area contributed by atoms with Crippen LogP contribution in [0.3, 0.4) is 0 Å². The second-order valence-corrected chi connectivity index (χ2v) is 5.44. The maximum atomic E-state index is 13.2. The summed E-state index contributed by atoms with van der Waals surface area (Å²) in [5.74, 6) is -1.68. The third kappa shape index (κ3) is 3.74. The molecular formula is C15H21F2NO. The lowest BCUT2D eigenvalue weighted by Crippen LogP contribution is -2.33. The number of hydrogen-bond acceptors (Lipinski definition) is 2. The molecule has 0 radical (unpaired) electrons. The molecule has 4 heteroatoms. The Kier molecular flexibility index (Phi) is 4.53. The van der Waals surface area contributed by atoms with Crippen molar-refractivity contribution in [2.45, 2.75) is 38.2 Å². The normalized spacial score (nSPS) is 25.3. The molecule has 1 unspecified atom stereocenters. The van der Waals surface area contributed by atoms with Crippen LogP contribution in [0.4, 0.5) is 8.78 Å². The number of rotatable bonds is 3. The molecule has 2 nitrogen and oxygen atoms in total. The Balaban J connectivity index is 2.05. The molecule has 1 N–H and O–H groups in total. The van der Waals surface area contributed by atoms with Crippen LogP contribution in [0, 0.1) is 11.6 Å². The van der Waals surface area contributed by atoms with Gasteiger partial charge in [0, 0.05) is 13.0 Å². The van der Waals surface area contributed by atoms with Gasteiger partial charge < -0.3 is 10.0 Å². The minimum absolute atomic E-state index is 0.391. The van der Waals surface area contributed by atoms with Crippen molar-refractivity contribution in [3.8, 4) is 0 Å². The fourth-order valence-corrected chi connectivity index (χ4v) is 2.76. The lowest BCUT2D eigenvalue weighted by molar-refractivity contribution is 0.0258. The predicted octanol–water partition coefficient (Wildman–Crippen LogP) is 2.74. The van der Waals surface area contributed by atoms with Crippen LogP contribution in [-0.4, -0.2) is 35.2 Å². The first-order chi connectivity index (χ1) is 9.02. The smallest absolute Gasteiger partial charge is 0.159 e. The number of nitrogens with zero attached hydrogens (tertiary/aromatic N) is 1. The van der Waals surface area contributed by atoms with Crippen molar-refractivity contribution in [2.24, 2.45) is 0 Å². The highest BCUT2D eigenvalue weighted by molar-refractivity contribution is 5.20. The van der Waals surface area contributed by atoms with Gasteiger partial charge in [-0.15, -0.1) is 0 Å². The van der Waals surface area contributed by atoms with Gasteiger partial charge in [-0.05, 0) is 50.0 Å². The van der Waals surface area contributed by atoms with Crippen LogP contribution in [0.1, 0.15) is 31.7 Å². The molecule has 1 aromatic rings. The minimum atomic E-state index is -0.843. The van der Waals surface area contributed by atoms with Crippen molar-refractivity contribution in [3.63, 3.8) is 0 Å². The van der Waals surface area contributed by atoms with Crippen LogP contribution in [0.5, 0.6) is 0 Å². The molecule has 2 rings (SSSR count). The molecule has 1 fully saturated rings. The lowest BCUT2D eigenvalue weighted by atomic mass is 9.88. The first-order valence-electron chi connectivity index (χ1n) is 6.91. The highest BCUT2D eigenvalue weighted by atomic mass is 19.2. The van der Waals surface area contributed by atoms with Crippen molar-refractivity contribution in [2.75, 3.05) is 19.6 Å². The molecule has 1 heterocycles. The van der Waals surface area contributed by atoms with Gasteiger partial charge in [-0.25, -0.2) is 8.78 Å². The Morgan fingerprint density at radius 3 is 2.68 bits per heavy atom. The molecule has 0 bridgehead atoms. The largest absolute Gasteiger partial charge is 0.389 e.